The number of hydrogen-bond acceptors (Lipinski definition) is 3. The third-order valence-corrected chi connectivity index (χ3v) is 3.17. The van der Waals surface area contributed by atoms with Crippen LogP contribution in [0.2, 0.25) is 0 Å². The Morgan fingerprint density at radius 2 is 2.11 bits per heavy atom. The summed E-state index contributed by atoms with van der Waals surface area (Å²) in [6.07, 6.45) is 0. The molecule has 0 aliphatic carbocycles. The standard InChI is InChI=1S/C14H11BrN2O/c1-10-6-11(8-16)7-14(17-10)18-9-12-4-2-3-5-13(12)15/h2-7H,9H2,1H3. The quantitative estimate of drug-likeness (QED) is 0.870. The molecular formula is C14H11BrN2O. The van der Waals surface area contributed by atoms with Crippen LogP contribution in [0.4, 0.5) is 0 Å². The van der Waals surface area contributed by atoms with E-state index in [2.05, 4.69) is 27.0 Å². The Kier molecular flexibility index (Phi) is 3.96. The number of nitrogens with zero attached hydrogens (tertiary/aromatic N) is 2. The predicted molar refractivity (Wildman–Crippen MR) is 72.2 cm³/mol. The average Bonchev–Trinajstić information content (AvgIpc) is 2.37. The Morgan fingerprint density at radius 1 is 1.33 bits per heavy atom. The SMILES string of the molecule is Cc1cc(C#N)cc(OCc2ccccc2Br)n1. The van der Waals surface area contributed by atoms with Crippen LogP contribution in [-0.2, 0) is 6.61 Å². The molecule has 18 heavy (non-hydrogen) atoms. The van der Waals surface area contributed by atoms with E-state index in [1.807, 2.05) is 31.2 Å². The van der Waals surface area contributed by atoms with Gasteiger partial charge in [0.2, 0.25) is 5.88 Å². The zero-order valence-electron chi connectivity index (χ0n) is 9.85. The van der Waals surface area contributed by atoms with Gasteiger partial charge in [0, 0.05) is 21.8 Å². The van der Waals surface area contributed by atoms with E-state index in [0.29, 0.717) is 18.1 Å². The van der Waals surface area contributed by atoms with Gasteiger partial charge in [0.05, 0.1) is 11.6 Å². The summed E-state index contributed by atoms with van der Waals surface area (Å²) in [5.41, 5.74) is 2.38. The Bertz CT molecular complexity index is 605. The number of halogens is 1. The molecule has 0 N–H and O–H groups in total. The first-order valence-corrected chi connectivity index (χ1v) is 6.23. The van der Waals surface area contributed by atoms with Gasteiger partial charge in [-0.05, 0) is 19.1 Å². The fourth-order valence-electron chi connectivity index (χ4n) is 1.54. The normalized spacial score (nSPS) is 9.83. The number of aryl methyl sites for hydroxylation is 1. The van der Waals surface area contributed by atoms with Crippen molar-refractivity contribution in [2.45, 2.75) is 13.5 Å². The maximum atomic E-state index is 8.88. The Hall–Kier alpha value is -1.86. The van der Waals surface area contributed by atoms with Gasteiger partial charge in [-0.15, -0.1) is 0 Å². The highest BCUT2D eigenvalue weighted by molar-refractivity contribution is 9.10. The molecule has 2 rings (SSSR count). The van der Waals surface area contributed by atoms with E-state index >= 15 is 0 Å². The fraction of sp³-hybridized carbons (Fsp3) is 0.143. The van der Waals surface area contributed by atoms with Crippen molar-refractivity contribution in [3.05, 3.63) is 57.7 Å². The van der Waals surface area contributed by atoms with Crippen LogP contribution in [-0.4, -0.2) is 4.98 Å². The molecule has 2 aromatic rings. The summed E-state index contributed by atoms with van der Waals surface area (Å²) in [7, 11) is 0. The van der Waals surface area contributed by atoms with E-state index < -0.39 is 0 Å². The van der Waals surface area contributed by atoms with Crippen LogP contribution in [0.1, 0.15) is 16.8 Å². The van der Waals surface area contributed by atoms with Gasteiger partial charge in [-0.1, -0.05) is 34.1 Å². The highest BCUT2D eigenvalue weighted by Gasteiger charge is 2.03. The third kappa shape index (κ3) is 3.08. The third-order valence-electron chi connectivity index (χ3n) is 2.39. The Labute approximate surface area is 114 Å². The second-order valence-electron chi connectivity index (χ2n) is 3.83. The van der Waals surface area contributed by atoms with Crippen molar-refractivity contribution in [3.8, 4) is 11.9 Å². The molecule has 3 nitrogen and oxygen atoms in total. The summed E-state index contributed by atoms with van der Waals surface area (Å²) in [6.45, 7) is 2.26. The van der Waals surface area contributed by atoms with Crippen molar-refractivity contribution in [1.82, 2.24) is 4.98 Å². The average molecular weight is 303 g/mol. The van der Waals surface area contributed by atoms with Gasteiger partial charge in [-0.25, -0.2) is 4.98 Å². The van der Waals surface area contributed by atoms with Gasteiger partial charge in [-0.2, -0.15) is 5.26 Å². The van der Waals surface area contributed by atoms with Crippen LogP contribution in [0.15, 0.2) is 40.9 Å². The molecule has 90 valence electrons. The lowest BCUT2D eigenvalue weighted by molar-refractivity contribution is 0.292. The van der Waals surface area contributed by atoms with Crippen molar-refractivity contribution in [2.75, 3.05) is 0 Å². The minimum absolute atomic E-state index is 0.419. The molecule has 0 unspecified atom stereocenters. The zero-order valence-corrected chi connectivity index (χ0v) is 11.4. The highest BCUT2D eigenvalue weighted by atomic mass is 79.9. The van der Waals surface area contributed by atoms with Gasteiger partial charge in [0.1, 0.15) is 6.61 Å². The molecule has 0 aliphatic heterocycles. The van der Waals surface area contributed by atoms with Crippen LogP contribution >= 0.6 is 15.9 Å². The maximum Gasteiger partial charge on any atom is 0.215 e. The van der Waals surface area contributed by atoms with Crippen LogP contribution in [0.5, 0.6) is 5.88 Å². The number of ether oxygens (including phenoxy) is 1. The lowest BCUT2D eigenvalue weighted by Gasteiger charge is -2.07. The van der Waals surface area contributed by atoms with Crippen LogP contribution in [0.3, 0.4) is 0 Å². The van der Waals surface area contributed by atoms with Gasteiger partial charge >= 0.3 is 0 Å². The number of aromatic nitrogens is 1. The van der Waals surface area contributed by atoms with Crippen molar-refractivity contribution in [3.63, 3.8) is 0 Å². The molecule has 0 aliphatic rings. The van der Waals surface area contributed by atoms with Crippen molar-refractivity contribution < 1.29 is 4.74 Å². The van der Waals surface area contributed by atoms with E-state index in [9.17, 15) is 0 Å². The maximum absolute atomic E-state index is 8.88. The number of rotatable bonds is 3. The Morgan fingerprint density at radius 3 is 2.83 bits per heavy atom. The molecule has 1 aromatic heterocycles. The molecular weight excluding hydrogens is 292 g/mol. The highest BCUT2D eigenvalue weighted by Crippen LogP contribution is 2.19. The number of pyridine rings is 1. The molecule has 0 fully saturated rings. The summed E-state index contributed by atoms with van der Waals surface area (Å²) in [5, 5.41) is 8.88. The summed E-state index contributed by atoms with van der Waals surface area (Å²) >= 11 is 3.46. The van der Waals surface area contributed by atoms with E-state index in [1.54, 1.807) is 12.1 Å². The minimum Gasteiger partial charge on any atom is -0.473 e. The van der Waals surface area contributed by atoms with E-state index in [1.165, 1.54) is 0 Å². The van der Waals surface area contributed by atoms with Gasteiger partial charge in [0.25, 0.3) is 0 Å². The lowest BCUT2D eigenvalue weighted by atomic mass is 10.2. The van der Waals surface area contributed by atoms with Gasteiger partial charge < -0.3 is 4.74 Å². The second kappa shape index (κ2) is 5.65. The molecule has 1 heterocycles. The molecule has 0 radical (unpaired) electrons. The van der Waals surface area contributed by atoms with E-state index in [0.717, 1.165) is 15.7 Å². The number of hydrogen-bond donors (Lipinski definition) is 0. The van der Waals surface area contributed by atoms with Crippen LogP contribution in [0.25, 0.3) is 0 Å². The molecule has 0 spiro atoms. The number of nitriles is 1. The predicted octanol–water partition coefficient (Wildman–Crippen LogP) is 3.60. The van der Waals surface area contributed by atoms with Gasteiger partial charge in [-0.3, -0.25) is 0 Å². The van der Waals surface area contributed by atoms with Crippen molar-refractivity contribution in [1.29, 1.82) is 5.26 Å². The molecule has 0 saturated carbocycles. The molecule has 0 atom stereocenters. The molecule has 4 heteroatoms. The first-order chi connectivity index (χ1) is 8.69. The second-order valence-corrected chi connectivity index (χ2v) is 4.68. The zero-order chi connectivity index (χ0) is 13.0. The van der Waals surface area contributed by atoms with Gasteiger partial charge in [0.15, 0.2) is 0 Å². The topological polar surface area (TPSA) is 45.9 Å². The summed E-state index contributed by atoms with van der Waals surface area (Å²) < 4.78 is 6.60. The summed E-state index contributed by atoms with van der Waals surface area (Å²) in [6, 6.07) is 13.3. The summed E-state index contributed by atoms with van der Waals surface area (Å²) in [5.74, 6) is 0.474. The molecule has 0 amide bonds. The molecule has 1 aromatic carbocycles. The largest absolute Gasteiger partial charge is 0.473 e. The smallest absolute Gasteiger partial charge is 0.215 e. The van der Waals surface area contributed by atoms with Crippen molar-refractivity contribution in [2.24, 2.45) is 0 Å². The minimum atomic E-state index is 0.419. The first kappa shape index (κ1) is 12.6. The Balaban J connectivity index is 2.14. The number of benzene rings is 1. The molecule has 0 saturated heterocycles. The summed E-state index contributed by atoms with van der Waals surface area (Å²) in [4.78, 5) is 4.24. The monoisotopic (exact) mass is 302 g/mol. The van der Waals surface area contributed by atoms with Crippen LogP contribution in [0, 0.1) is 18.3 Å². The van der Waals surface area contributed by atoms with E-state index in [4.69, 9.17) is 10.00 Å². The van der Waals surface area contributed by atoms with Crippen LogP contribution < -0.4 is 4.74 Å². The van der Waals surface area contributed by atoms with E-state index in [-0.39, 0.29) is 0 Å². The first-order valence-electron chi connectivity index (χ1n) is 5.44. The van der Waals surface area contributed by atoms with Crippen molar-refractivity contribution >= 4 is 15.9 Å². The molecule has 0 bridgehead atoms. The fourth-order valence-corrected chi connectivity index (χ4v) is 1.94. The lowest BCUT2D eigenvalue weighted by Crippen LogP contribution is -1.99.